The number of benzene rings is 1. The Bertz CT molecular complexity index is 1080. The Morgan fingerprint density at radius 3 is 2.47 bits per heavy atom. The normalized spacial score (nSPS) is 27.3. The van der Waals surface area contributed by atoms with E-state index in [0.29, 0.717) is 18.6 Å². The molecule has 1 spiro atoms. The Hall–Kier alpha value is -3.22. The van der Waals surface area contributed by atoms with E-state index in [1.54, 1.807) is 45.1 Å². The van der Waals surface area contributed by atoms with Gasteiger partial charge >= 0.3 is 11.9 Å². The minimum atomic E-state index is -1.63. The molecule has 182 valence electrons. The SMILES string of the molecule is C=C[C@]1(C)CC[C@H]([C@@H](C)C(=O)[C@@H](C=C(C)C)OC(C)=O)[C@]12C(=O)Oc1cc(OC)ccc1C2=O. The van der Waals surface area contributed by atoms with Crippen LogP contribution in [-0.4, -0.2) is 36.7 Å². The number of ketones is 2. The van der Waals surface area contributed by atoms with Crippen LogP contribution in [0.4, 0.5) is 0 Å². The number of Topliss-reactive ketones (excluding diaryl/α,β-unsaturated/α-hetero) is 2. The molecule has 0 radical (unpaired) electrons. The monoisotopic (exact) mass is 468 g/mol. The number of ether oxygens (including phenoxy) is 3. The molecule has 1 aliphatic carbocycles. The molecule has 3 rings (SSSR count). The molecule has 0 saturated heterocycles. The third kappa shape index (κ3) is 3.87. The highest BCUT2D eigenvalue weighted by molar-refractivity contribution is 6.18. The maximum atomic E-state index is 14.1. The second-order valence-corrected chi connectivity index (χ2v) is 9.62. The number of rotatable bonds is 7. The summed E-state index contributed by atoms with van der Waals surface area (Å²) < 4.78 is 16.2. The van der Waals surface area contributed by atoms with Crippen molar-refractivity contribution in [2.75, 3.05) is 7.11 Å². The predicted molar refractivity (Wildman–Crippen MR) is 126 cm³/mol. The van der Waals surface area contributed by atoms with E-state index in [4.69, 9.17) is 14.2 Å². The molecule has 1 aromatic carbocycles. The highest BCUT2D eigenvalue weighted by Crippen LogP contribution is 2.63. The zero-order chi connectivity index (χ0) is 25.4. The summed E-state index contributed by atoms with van der Waals surface area (Å²) in [4.78, 5) is 53.0. The fourth-order valence-corrected chi connectivity index (χ4v) is 5.49. The predicted octanol–water partition coefficient (Wildman–Crippen LogP) is 4.49. The van der Waals surface area contributed by atoms with E-state index in [1.807, 2.05) is 6.92 Å². The van der Waals surface area contributed by atoms with E-state index in [9.17, 15) is 19.2 Å². The fourth-order valence-electron chi connectivity index (χ4n) is 5.49. The van der Waals surface area contributed by atoms with Crippen LogP contribution in [0.25, 0.3) is 0 Å². The van der Waals surface area contributed by atoms with Crippen molar-refractivity contribution in [3.05, 3.63) is 48.1 Å². The summed E-state index contributed by atoms with van der Waals surface area (Å²) in [5.74, 6) is -2.88. The van der Waals surface area contributed by atoms with Crippen LogP contribution in [0.5, 0.6) is 11.5 Å². The molecular formula is C27H32O7. The van der Waals surface area contributed by atoms with Crippen molar-refractivity contribution in [1.82, 2.24) is 0 Å². The average Bonchev–Trinajstić information content (AvgIpc) is 3.09. The smallest absolute Gasteiger partial charge is 0.326 e. The Kier molecular flexibility index (Phi) is 6.87. The van der Waals surface area contributed by atoms with E-state index in [2.05, 4.69) is 6.58 Å². The van der Waals surface area contributed by atoms with Crippen molar-refractivity contribution in [2.24, 2.45) is 22.7 Å². The van der Waals surface area contributed by atoms with Crippen LogP contribution in [0.15, 0.2) is 42.5 Å². The number of fused-ring (bicyclic) bond motifs is 1. The first-order chi connectivity index (χ1) is 15.9. The Balaban J connectivity index is 2.13. The van der Waals surface area contributed by atoms with Crippen LogP contribution >= 0.6 is 0 Å². The maximum Gasteiger partial charge on any atom is 0.326 e. The summed E-state index contributed by atoms with van der Waals surface area (Å²) in [6, 6.07) is 4.73. The molecule has 1 fully saturated rings. The third-order valence-corrected chi connectivity index (χ3v) is 7.31. The molecule has 7 heteroatoms. The highest BCUT2D eigenvalue weighted by atomic mass is 16.5. The summed E-state index contributed by atoms with van der Waals surface area (Å²) in [5, 5.41) is 0. The van der Waals surface area contributed by atoms with Crippen LogP contribution in [0, 0.1) is 22.7 Å². The molecule has 0 amide bonds. The summed E-state index contributed by atoms with van der Waals surface area (Å²) in [5.41, 5.74) is -1.48. The van der Waals surface area contributed by atoms with E-state index in [1.165, 1.54) is 20.1 Å². The number of carbonyl (C=O) groups excluding carboxylic acids is 4. The van der Waals surface area contributed by atoms with Gasteiger partial charge < -0.3 is 14.2 Å². The molecule has 1 heterocycles. The van der Waals surface area contributed by atoms with Crippen molar-refractivity contribution in [3.63, 3.8) is 0 Å². The molecule has 2 aliphatic rings. The van der Waals surface area contributed by atoms with Crippen molar-refractivity contribution in [1.29, 1.82) is 0 Å². The van der Waals surface area contributed by atoms with E-state index < -0.39 is 46.5 Å². The lowest BCUT2D eigenvalue weighted by Gasteiger charge is -2.45. The lowest BCUT2D eigenvalue weighted by Crippen LogP contribution is -2.58. The summed E-state index contributed by atoms with van der Waals surface area (Å²) in [7, 11) is 1.48. The fraction of sp³-hybridized carbons (Fsp3) is 0.481. The molecular weight excluding hydrogens is 436 g/mol. The third-order valence-electron chi connectivity index (χ3n) is 7.31. The molecule has 34 heavy (non-hydrogen) atoms. The van der Waals surface area contributed by atoms with Gasteiger partial charge in [-0.15, -0.1) is 6.58 Å². The van der Waals surface area contributed by atoms with Gasteiger partial charge in [0.15, 0.2) is 17.7 Å². The zero-order valence-electron chi connectivity index (χ0n) is 20.6. The van der Waals surface area contributed by atoms with Gasteiger partial charge in [0.2, 0.25) is 0 Å². The average molecular weight is 469 g/mol. The molecule has 1 saturated carbocycles. The largest absolute Gasteiger partial charge is 0.497 e. The summed E-state index contributed by atoms with van der Waals surface area (Å²) >= 11 is 0. The first-order valence-electron chi connectivity index (χ1n) is 11.4. The zero-order valence-corrected chi connectivity index (χ0v) is 20.6. The van der Waals surface area contributed by atoms with Crippen LogP contribution in [0.2, 0.25) is 0 Å². The van der Waals surface area contributed by atoms with Crippen molar-refractivity contribution < 1.29 is 33.4 Å². The van der Waals surface area contributed by atoms with Gasteiger partial charge in [-0.25, -0.2) is 0 Å². The van der Waals surface area contributed by atoms with Gasteiger partial charge in [0.05, 0.1) is 12.7 Å². The Labute approximate surface area is 200 Å². The number of esters is 2. The molecule has 0 aromatic heterocycles. The molecule has 0 N–H and O–H groups in total. The van der Waals surface area contributed by atoms with Crippen molar-refractivity contribution in [3.8, 4) is 11.5 Å². The van der Waals surface area contributed by atoms with Gasteiger partial charge in [0.25, 0.3) is 0 Å². The van der Waals surface area contributed by atoms with E-state index >= 15 is 0 Å². The minimum absolute atomic E-state index is 0.137. The van der Waals surface area contributed by atoms with E-state index in [-0.39, 0.29) is 17.1 Å². The van der Waals surface area contributed by atoms with Gasteiger partial charge in [0, 0.05) is 24.3 Å². The number of carbonyl (C=O) groups is 4. The summed E-state index contributed by atoms with van der Waals surface area (Å²) in [6.45, 7) is 12.3. The first-order valence-corrected chi connectivity index (χ1v) is 11.4. The first kappa shape index (κ1) is 25.4. The summed E-state index contributed by atoms with van der Waals surface area (Å²) in [6.07, 6.45) is 3.01. The van der Waals surface area contributed by atoms with Crippen LogP contribution in [0.3, 0.4) is 0 Å². The van der Waals surface area contributed by atoms with Gasteiger partial charge in [-0.2, -0.15) is 0 Å². The highest BCUT2D eigenvalue weighted by Gasteiger charge is 2.70. The number of allylic oxidation sites excluding steroid dienone is 2. The standard InChI is InChI=1S/C27H32O7/c1-8-26(6)12-11-20(16(4)23(29)22(13-15(2)3)33-17(5)28)27(26)24(30)19-10-9-18(32-7)14-21(19)34-25(27)31/h8-10,13-14,16,20,22H,1,11-12H2,2-7H3/t16-,20-,22-,26-,27+/m1/s1. The van der Waals surface area contributed by atoms with Crippen LogP contribution in [-0.2, 0) is 19.1 Å². The van der Waals surface area contributed by atoms with Gasteiger partial charge in [0.1, 0.15) is 16.9 Å². The quantitative estimate of drug-likeness (QED) is 0.252. The lowest BCUT2D eigenvalue weighted by molar-refractivity contribution is -0.156. The molecule has 1 aliphatic heterocycles. The number of hydrogen-bond donors (Lipinski definition) is 0. The van der Waals surface area contributed by atoms with Gasteiger partial charge in [-0.1, -0.05) is 25.5 Å². The van der Waals surface area contributed by atoms with Crippen molar-refractivity contribution >= 4 is 23.5 Å². The van der Waals surface area contributed by atoms with Gasteiger partial charge in [-0.05, 0) is 50.8 Å². The maximum absolute atomic E-state index is 14.1. The molecule has 7 nitrogen and oxygen atoms in total. The molecule has 0 unspecified atom stereocenters. The molecule has 0 bridgehead atoms. The topological polar surface area (TPSA) is 96.0 Å². The Morgan fingerprint density at radius 1 is 1.24 bits per heavy atom. The number of methoxy groups -OCH3 is 1. The van der Waals surface area contributed by atoms with Gasteiger partial charge in [-0.3, -0.25) is 19.2 Å². The second-order valence-electron chi connectivity index (χ2n) is 9.62. The molecule has 1 aromatic rings. The molecule has 5 atom stereocenters. The lowest BCUT2D eigenvalue weighted by atomic mass is 9.56. The van der Waals surface area contributed by atoms with E-state index in [0.717, 1.165) is 5.57 Å². The number of hydrogen-bond acceptors (Lipinski definition) is 7. The second kappa shape index (κ2) is 9.20. The van der Waals surface area contributed by atoms with Crippen molar-refractivity contribution in [2.45, 2.75) is 53.6 Å². The van der Waals surface area contributed by atoms with Crippen LogP contribution in [0.1, 0.15) is 57.8 Å². The Morgan fingerprint density at radius 2 is 1.91 bits per heavy atom. The van der Waals surface area contributed by atoms with Crippen LogP contribution < -0.4 is 9.47 Å². The minimum Gasteiger partial charge on any atom is -0.497 e.